The number of hydrogen-bond acceptors (Lipinski definition) is 0. The molecule has 0 aliphatic carbocycles. The van der Waals surface area contributed by atoms with E-state index in [1.54, 1.807) is 18.2 Å². The van der Waals surface area contributed by atoms with Crippen LogP contribution in [-0.4, -0.2) is 0 Å². The Hall–Kier alpha value is -3.95. The first kappa shape index (κ1) is 19.4. The van der Waals surface area contributed by atoms with Gasteiger partial charge in [0.25, 0.3) is 0 Å². The highest BCUT2D eigenvalue weighted by molar-refractivity contribution is 5.84. The Kier molecular flexibility index (Phi) is 5.29. The van der Waals surface area contributed by atoms with Gasteiger partial charge in [-0.3, -0.25) is 0 Å². The highest BCUT2D eigenvalue weighted by Gasteiger charge is 2.06. The van der Waals surface area contributed by atoms with Crippen molar-refractivity contribution in [2.45, 2.75) is 6.92 Å². The van der Waals surface area contributed by atoms with Gasteiger partial charge in [0.15, 0.2) is 11.6 Å². The van der Waals surface area contributed by atoms with Gasteiger partial charge in [-0.2, -0.15) is 0 Å². The highest BCUT2D eigenvalue weighted by atomic mass is 19.2. The molecule has 0 nitrogen and oxygen atoms in total. The topological polar surface area (TPSA) is 0 Å². The Balaban J connectivity index is 1.54. The number of hydrogen-bond donors (Lipinski definition) is 0. The Morgan fingerprint density at radius 2 is 1.20 bits per heavy atom. The van der Waals surface area contributed by atoms with Crippen molar-refractivity contribution in [3.8, 4) is 23.7 Å². The van der Waals surface area contributed by atoms with E-state index >= 15 is 0 Å². The van der Waals surface area contributed by atoms with Crippen LogP contribution in [0.1, 0.15) is 27.8 Å². The van der Waals surface area contributed by atoms with Gasteiger partial charge in [0, 0.05) is 22.1 Å². The molecule has 0 saturated heterocycles. The average molecular weight is 396 g/mol. The second-order valence-electron chi connectivity index (χ2n) is 6.86. The summed E-state index contributed by atoms with van der Waals surface area (Å²) < 4.78 is 41.0. The maximum absolute atomic E-state index is 13.9. The van der Waals surface area contributed by atoms with E-state index in [0.29, 0.717) is 16.5 Å². The number of halogens is 3. The lowest BCUT2D eigenvalue weighted by molar-refractivity contribution is 0.517. The van der Waals surface area contributed by atoms with Gasteiger partial charge in [-0.25, -0.2) is 13.2 Å². The van der Waals surface area contributed by atoms with Crippen molar-refractivity contribution in [1.82, 2.24) is 0 Å². The summed E-state index contributed by atoms with van der Waals surface area (Å²) in [6.07, 6.45) is 0. The van der Waals surface area contributed by atoms with E-state index in [1.165, 1.54) is 18.2 Å². The third-order valence-electron chi connectivity index (χ3n) is 4.61. The fourth-order valence-electron chi connectivity index (χ4n) is 2.99. The summed E-state index contributed by atoms with van der Waals surface area (Å²) in [5.41, 5.74) is 3.45. The predicted octanol–water partition coefficient (Wildman–Crippen LogP) is 6.37. The van der Waals surface area contributed by atoms with Crippen molar-refractivity contribution in [3.05, 3.63) is 118 Å². The lowest BCUT2D eigenvalue weighted by atomic mass is 10.1. The lowest BCUT2D eigenvalue weighted by Gasteiger charge is -2.01. The number of fused-ring (bicyclic) bond motifs is 1. The van der Waals surface area contributed by atoms with Crippen LogP contribution in [0.2, 0.25) is 0 Å². The van der Waals surface area contributed by atoms with Gasteiger partial charge < -0.3 is 0 Å². The Bertz CT molecular complexity index is 1380. The van der Waals surface area contributed by atoms with Crippen molar-refractivity contribution in [2.75, 3.05) is 0 Å². The molecular weight excluding hydrogens is 381 g/mol. The first-order valence-electron chi connectivity index (χ1n) is 9.28. The normalized spacial score (nSPS) is 10.1. The summed E-state index contributed by atoms with van der Waals surface area (Å²) in [5.74, 6) is 9.81. The molecule has 4 aromatic rings. The number of aryl methyl sites for hydroxylation is 1. The monoisotopic (exact) mass is 396 g/mol. The fourth-order valence-corrected chi connectivity index (χ4v) is 2.99. The van der Waals surface area contributed by atoms with E-state index in [1.807, 2.05) is 37.3 Å². The van der Waals surface area contributed by atoms with Crippen LogP contribution in [0.15, 0.2) is 72.8 Å². The Morgan fingerprint density at radius 1 is 0.567 bits per heavy atom. The van der Waals surface area contributed by atoms with E-state index in [4.69, 9.17) is 0 Å². The maximum atomic E-state index is 13.9. The van der Waals surface area contributed by atoms with Crippen LogP contribution in [0.4, 0.5) is 13.2 Å². The molecule has 0 saturated carbocycles. The van der Waals surface area contributed by atoms with Crippen LogP contribution in [0.25, 0.3) is 10.8 Å². The molecule has 0 heterocycles. The van der Waals surface area contributed by atoms with Gasteiger partial charge in [0.1, 0.15) is 5.82 Å². The number of benzene rings is 4. The molecule has 0 bridgehead atoms. The molecule has 30 heavy (non-hydrogen) atoms. The molecule has 0 fully saturated rings. The SMILES string of the molecule is Cc1ccc(C#Cc2ccc(C#Cc3ccc4c(F)c(F)ccc4c3)cc2)c(F)c1. The minimum absolute atomic E-state index is 0.230. The van der Waals surface area contributed by atoms with E-state index in [9.17, 15) is 13.2 Å². The minimum Gasteiger partial charge on any atom is -0.206 e. The van der Waals surface area contributed by atoms with E-state index in [0.717, 1.165) is 22.8 Å². The quantitative estimate of drug-likeness (QED) is 0.303. The van der Waals surface area contributed by atoms with E-state index in [-0.39, 0.29) is 11.2 Å². The van der Waals surface area contributed by atoms with Gasteiger partial charge in [0.2, 0.25) is 0 Å². The summed E-state index contributed by atoms with van der Waals surface area (Å²) in [6.45, 7) is 1.83. The fraction of sp³-hybridized carbons (Fsp3) is 0.0370. The van der Waals surface area contributed by atoms with Gasteiger partial charge in [-0.1, -0.05) is 41.9 Å². The molecule has 0 aromatic heterocycles. The Morgan fingerprint density at radius 3 is 1.90 bits per heavy atom. The van der Waals surface area contributed by atoms with Crippen molar-refractivity contribution in [1.29, 1.82) is 0 Å². The zero-order valence-electron chi connectivity index (χ0n) is 16.1. The molecule has 0 aliphatic heterocycles. The lowest BCUT2D eigenvalue weighted by Crippen LogP contribution is -1.87. The minimum atomic E-state index is -0.866. The summed E-state index contributed by atoms with van der Waals surface area (Å²) in [7, 11) is 0. The summed E-state index contributed by atoms with van der Waals surface area (Å²) >= 11 is 0. The molecule has 0 unspecified atom stereocenters. The third-order valence-corrected chi connectivity index (χ3v) is 4.61. The molecule has 4 aromatic carbocycles. The van der Waals surface area contributed by atoms with Crippen LogP contribution in [0.5, 0.6) is 0 Å². The average Bonchev–Trinajstić information content (AvgIpc) is 2.75. The van der Waals surface area contributed by atoms with Crippen molar-refractivity contribution in [3.63, 3.8) is 0 Å². The molecule has 144 valence electrons. The van der Waals surface area contributed by atoms with Crippen molar-refractivity contribution < 1.29 is 13.2 Å². The molecule has 0 N–H and O–H groups in total. The Labute approximate surface area is 173 Å². The van der Waals surface area contributed by atoms with Gasteiger partial charge in [-0.15, -0.1) is 0 Å². The van der Waals surface area contributed by atoms with Crippen LogP contribution >= 0.6 is 0 Å². The van der Waals surface area contributed by atoms with Gasteiger partial charge in [0.05, 0.1) is 5.56 Å². The molecule has 0 spiro atoms. The molecule has 0 aliphatic rings. The maximum Gasteiger partial charge on any atom is 0.166 e. The first-order valence-corrected chi connectivity index (χ1v) is 9.28. The van der Waals surface area contributed by atoms with Crippen LogP contribution in [-0.2, 0) is 0 Å². The first-order chi connectivity index (χ1) is 14.5. The summed E-state index contributed by atoms with van der Waals surface area (Å²) in [6, 6.07) is 19.8. The van der Waals surface area contributed by atoms with E-state index < -0.39 is 11.6 Å². The second kappa shape index (κ2) is 8.19. The van der Waals surface area contributed by atoms with Crippen molar-refractivity contribution in [2.24, 2.45) is 0 Å². The van der Waals surface area contributed by atoms with Gasteiger partial charge in [-0.05, 0) is 72.5 Å². The highest BCUT2D eigenvalue weighted by Crippen LogP contribution is 2.21. The summed E-state index contributed by atoms with van der Waals surface area (Å²) in [5, 5.41) is 0.822. The molecular formula is C27H15F3. The smallest absolute Gasteiger partial charge is 0.166 e. The molecule has 0 amide bonds. The van der Waals surface area contributed by atoms with Crippen LogP contribution in [0.3, 0.4) is 0 Å². The van der Waals surface area contributed by atoms with Crippen molar-refractivity contribution >= 4 is 10.8 Å². The molecule has 0 atom stereocenters. The predicted molar refractivity (Wildman–Crippen MR) is 113 cm³/mol. The molecule has 4 rings (SSSR count). The zero-order chi connectivity index (χ0) is 21.1. The number of rotatable bonds is 0. The standard InChI is InChI=1S/C27H15F3/c1-18-2-11-22(26(29)16-18)12-9-20-5-3-19(4-6-20)7-8-21-10-14-24-23(17-21)13-15-25(28)27(24)30/h2-6,10-11,13-17H,1H3. The van der Waals surface area contributed by atoms with E-state index in [2.05, 4.69) is 23.7 Å². The largest absolute Gasteiger partial charge is 0.206 e. The second-order valence-corrected chi connectivity index (χ2v) is 6.86. The molecule has 3 heteroatoms. The van der Waals surface area contributed by atoms with Gasteiger partial charge >= 0.3 is 0 Å². The summed E-state index contributed by atoms with van der Waals surface area (Å²) in [4.78, 5) is 0. The zero-order valence-corrected chi connectivity index (χ0v) is 16.1. The van der Waals surface area contributed by atoms with Crippen LogP contribution in [0, 0.1) is 48.1 Å². The molecule has 0 radical (unpaired) electrons. The van der Waals surface area contributed by atoms with Crippen LogP contribution < -0.4 is 0 Å². The third kappa shape index (κ3) is 4.22.